The highest BCUT2D eigenvalue weighted by atomic mass is 32.1. The number of hydrogen-bond donors (Lipinski definition) is 1. The number of fused-ring (bicyclic) bond motifs is 1. The Balaban J connectivity index is 1.90. The van der Waals surface area contributed by atoms with Gasteiger partial charge in [-0.05, 0) is 61.2 Å². The molecule has 1 heterocycles. The number of nitrogens with one attached hydrogen (secondary N) is 1. The Morgan fingerprint density at radius 3 is 2.62 bits per heavy atom. The van der Waals surface area contributed by atoms with Crippen molar-refractivity contribution >= 4 is 33.3 Å². The molecule has 0 atom stereocenters. The van der Waals surface area contributed by atoms with E-state index in [1.165, 1.54) is 11.3 Å². The number of carbonyl (C=O) groups is 2. The van der Waals surface area contributed by atoms with E-state index in [0.717, 1.165) is 15.6 Å². The van der Waals surface area contributed by atoms with Gasteiger partial charge in [0.15, 0.2) is 0 Å². The van der Waals surface area contributed by atoms with Crippen LogP contribution in [-0.4, -0.2) is 25.5 Å². The summed E-state index contributed by atoms with van der Waals surface area (Å²) in [6.45, 7) is 4.06. The fraction of sp³-hybridized carbons (Fsp3) is 0.200. The number of carbonyl (C=O) groups excluding carboxylic acids is 2. The van der Waals surface area contributed by atoms with Gasteiger partial charge >= 0.3 is 5.97 Å². The third-order valence-electron chi connectivity index (χ3n) is 3.93. The SMILES string of the molecule is CCOC(=O)c1sc2cc(Oc3cccc(C(=O)NC)c3)ccc2c1C. The molecule has 0 bridgehead atoms. The zero-order valence-corrected chi connectivity index (χ0v) is 15.6. The highest BCUT2D eigenvalue weighted by Gasteiger charge is 2.17. The van der Waals surface area contributed by atoms with Crippen LogP contribution in [-0.2, 0) is 4.74 Å². The van der Waals surface area contributed by atoms with Crippen molar-refractivity contribution < 1.29 is 19.1 Å². The normalized spacial score (nSPS) is 10.6. The van der Waals surface area contributed by atoms with Crippen LogP contribution >= 0.6 is 11.3 Å². The van der Waals surface area contributed by atoms with E-state index in [0.29, 0.717) is 28.5 Å². The van der Waals surface area contributed by atoms with Crippen LogP contribution in [0.15, 0.2) is 42.5 Å². The molecule has 0 aliphatic heterocycles. The van der Waals surface area contributed by atoms with Crippen molar-refractivity contribution in [2.75, 3.05) is 13.7 Å². The van der Waals surface area contributed by atoms with Crippen molar-refractivity contribution in [3.8, 4) is 11.5 Å². The number of ether oxygens (including phenoxy) is 2. The van der Waals surface area contributed by atoms with Gasteiger partial charge in [-0.2, -0.15) is 0 Å². The lowest BCUT2D eigenvalue weighted by Gasteiger charge is -2.07. The monoisotopic (exact) mass is 369 g/mol. The predicted molar refractivity (Wildman–Crippen MR) is 102 cm³/mol. The molecular formula is C20H19NO4S. The maximum absolute atomic E-state index is 12.1. The number of aryl methyl sites for hydroxylation is 1. The second-order valence-electron chi connectivity index (χ2n) is 5.64. The van der Waals surface area contributed by atoms with Gasteiger partial charge in [0.25, 0.3) is 5.91 Å². The zero-order chi connectivity index (χ0) is 18.7. The lowest BCUT2D eigenvalue weighted by molar-refractivity contribution is 0.0531. The number of esters is 1. The van der Waals surface area contributed by atoms with Crippen LogP contribution in [0.1, 0.15) is 32.5 Å². The Kier molecular flexibility index (Phi) is 5.23. The summed E-state index contributed by atoms with van der Waals surface area (Å²) in [5, 5.41) is 3.59. The molecule has 1 N–H and O–H groups in total. The maximum Gasteiger partial charge on any atom is 0.348 e. The van der Waals surface area contributed by atoms with Crippen LogP contribution in [0.25, 0.3) is 10.1 Å². The summed E-state index contributed by atoms with van der Waals surface area (Å²) in [5.74, 6) is 0.748. The van der Waals surface area contributed by atoms with Gasteiger partial charge in [0.05, 0.1) is 6.61 Å². The second-order valence-corrected chi connectivity index (χ2v) is 6.70. The Morgan fingerprint density at radius 1 is 1.12 bits per heavy atom. The molecule has 5 nitrogen and oxygen atoms in total. The van der Waals surface area contributed by atoms with Gasteiger partial charge in [-0.15, -0.1) is 11.3 Å². The van der Waals surface area contributed by atoms with Gasteiger partial charge in [-0.1, -0.05) is 6.07 Å². The molecule has 0 aliphatic rings. The van der Waals surface area contributed by atoms with E-state index < -0.39 is 0 Å². The first kappa shape index (κ1) is 17.9. The molecule has 1 amide bonds. The molecule has 2 aromatic carbocycles. The summed E-state index contributed by atoms with van der Waals surface area (Å²) >= 11 is 1.39. The number of rotatable bonds is 5. The topological polar surface area (TPSA) is 64.6 Å². The molecule has 1 aromatic heterocycles. The molecule has 0 saturated carbocycles. The largest absolute Gasteiger partial charge is 0.462 e. The van der Waals surface area contributed by atoms with Crippen molar-refractivity contribution in [1.82, 2.24) is 5.32 Å². The molecule has 0 fully saturated rings. The van der Waals surface area contributed by atoms with Crippen molar-refractivity contribution in [3.63, 3.8) is 0 Å². The molecule has 3 aromatic rings. The van der Waals surface area contributed by atoms with Gasteiger partial charge in [-0.3, -0.25) is 4.79 Å². The second kappa shape index (κ2) is 7.58. The molecule has 0 saturated heterocycles. The first-order valence-electron chi connectivity index (χ1n) is 8.23. The highest BCUT2D eigenvalue weighted by Crippen LogP contribution is 2.35. The summed E-state index contributed by atoms with van der Waals surface area (Å²) in [6.07, 6.45) is 0. The van der Waals surface area contributed by atoms with Gasteiger partial charge in [0, 0.05) is 17.3 Å². The Bertz CT molecular complexity index is 977. The van der Waals surface area contributed by atoms with Gasteiger partial charge in [0.2, 0.25) is 0 Å². The van der Waals surface area contributed by atoms with Gasteiger partial charge in [0.1, 0.15) is 16.4 Å². The average Bonchev–Trinajstić information content (AvgIpc) is 2.97. The number of benzene rings is 2. The molecule has 0 spiro atoms. The lowest BCUT2D eigenvalue weighted by atomic mass is 10.1. The molecule has 0 aliphatic carbocycles. The molecule has 134 valence electrons. The third-order valence-corrected chi connectivity index (χ3v) is 5.16. The number of amides is 1. The third kappa shape index (κ3) is 3.55. The van der Waals surface area contributed by atoms with Crippen molar-refractivity contribution in [3.05, 3.63) is 58.5 Å². The summed E-state index contributed by atoms with van der Waals surface area (Å²) < 4.78 is 12.0. The van der Waals surface area contributed by atoms with Crippen molar-refractivity contribution in [2.45, 2.75) is 13.8 Å². The summed E-state index contributed by atoms with van der Waals surface area (Å²) in [7, 11) is 1.59. The minimum absolute atomic E-state index is 0.168. The van der Waals surface area contributed by atoms with Crippen LogP contribution in [0.5, 0.6) is 11.5 Å². The van der Waals surface area contributed by atoms with Crippen LogP contribution in [0, 0.1) is 6.92 Å². The van der Waals surface area contributed by atoms with E-state index in [1.54, 1.807) is 38.2 Å². The van der Waals surface area contributed by atoms with E-state index in [9.17, 15) is 9.59 Å². The minimum atomic E-state index is -0.299. The van der Waals surface area contributed by atoms with Crippen molar-refractivity contribution in [1.29, 1.82) is 0 Å². The van der Waals surface area contributed by atoms with Crippen molar-refractivity contribution in [2.24, 2.45) is 0 Å². The van der Waals surface area contributed by atoms with Crippen LogP contribution in [0.2, 0.25) is 0 Å². The van der Waals surface area contributed by atoms with Gasteiger partial charge in [-0.25, -0.2) is 4.79 Å². The Hall–Kier alpha value is -2.86. The zero-order valence-electron chi connectivity index (χ0n) is 14.8. The van der Waals surface area contributed by atoms with E-state index >= 15 is 0 Å². The number of hydrogen-bond acceptors (Lipinski definition) is 5. The first-order chi connectivity index (χ1) is 12.5. The summed E-state index contributed by atoms with van der Waals surface area (Å²) in [5.41, 5.74) is 1.44. The molecule has 3 rings (SSSR count). The predicted octanol–water partition coefficient (Wildman–Crippen LogP) is 4.54. The van der Waals surface area contributed by atoms with E-state index in [1.807, 2.05) is 25.1 Å². The molecular weight excluding hydrogens is 350 g/mol. The summed E-state index contributed by atoms with van der Waals surface area (Å²) in [6, 6.07) is 12.6. The smallest absolute Gasteiger partial charge is 0.348 e. The Labute approximate surface area is 155 Å². The average molecular weight is 369 g/mol. The quantitative estimate of drug-likeness (QED) is 0.671. The highest BCUT2D eigenvalue weighted by molar-refractivity contribution is 7.21. The minimum Gasteiger partial charge on any atom is -0.462 e. The van der Waals surface area contributed by atoms with Crippen LogP contribution < -0.4 is 10.1 Å². The standard InChI is InChI=1S/C20H19NO4S/c1-4-24-20(23)18-12(2)16-9-8-15(11-17(16)26-18)25-14-7-5-6-13(10-14)19(22)21-3/h5-11H,4H2,1-3H3,(H,21,22). The fourth-order valence-corrected chi connectivity index (χ4v) is 3.77. The molecule has 0 unspecified atom stereocenters. The van der Waals surface area contributed by atoms with E-state index in [2.05, 4.69) is 5.32 Å². The molecule has 26 heavy (non-hydrogen) atoms. The number of thiophene rings is 1. The van der Waals surface area contributed by atoms with E-state index in [-0.39, 0.29) is 11.9 Å². The fourth-order valence-electron chi connectivity index (χ4n) is 2.64. The first-order valence-corrected chi connectivity index (χ1v) is 9.05. The van der Waals surface area contributed by atoms with E-state index in [4.69, 9.17) is 9.47 Å². The maximum atomic E-state index is 12.1. The van der Waals surface area contributed by atoms with Crippen LogP contribution in [0.4, 0.5) is 0 Å². The molecule has 6 heteroatoms. The summed E-state index contributed by atoms with van der Waals surface area (Å²) in [4.78, 5) is 24.4. The lowest BCUT2D eigenvalue weighted by Crippen LogP contribution is -2.17. The van der Waals surface area contributed by atoms with Gasteiger partial charge < -0.3 is 14.8 Å². The molecule has 0 radical (unpaired) electrons. The van der Waals surface area contributed by atoms with Crippen LogP contribution in [0.3, 0.4) is 0 Å². The Morgan fingerprint density at radius 2 is 1.88 bits per heavy atom.